The third-order valence-corrected chi connectivity index (χ3v) is 5.18. The molecule has 2 unspecified atom stereocenters. The minimum Gasteiger partial charge on any atom is -0.357 e. The minimum absolute atomic E-state index is 0.513. The maximum atomic E-state index is 9.44. The number of hydrogen-bond acceptors (Lipinski definition) is 4. The Balaban J connectivity index is 1.70. The Kier molecular flexibility index (Phi) is 3.24. The smallest absolute Gasteiger partial charge is 0.130 e. The average molecular weight is 292 g/mol. The van der Waals surface area contributed by atoms with Crippen LogP contribution in [0.1, 0.15) is 31.2 Å². The van der Waals surface area contributed by atoms with Gasteiger partial charge in [-0.2, -0.15) is 5.26 Å². The van der Waals surface area contributed by atoms with Gasteiger partial charge in [-0.15, -0.1) is 0 Å². The second-order valence-corrected chi connectivity index (χ2v) is 6.53. The molecule has 2 saturated heterocycles. The van der Waals surface area contributed by atoms with Gasteiger partial charge in [0.1, 0.15) is 5.82 Å². The first-order valence-electron chi connectivity index (χ1n) is 8.03. The van der Waals surface area contributed by atoms with Gasteiger partial charge in [0.25, 0.3) is 0 Å². The summed E-state index contributed by atoms with van der Waals surface area (Å²) < 4.78 is 0. The van der Waals surface area contributed by atoms with Crippen molar-refractivity contribution < 1.29 is 0 Å². The van der Waals surface area contributed by atoms with Crippen LogP contribution < -0.4 is 10.2 Å². The molecule has 4 nitrogen and oxygen atoms in total. The van der Waals surface area contributed by atoms with Crippen LogP contribution in [-0.4, -0.2) is 30.2 Å². The summed E-state index contributed by atoms with van der Waals surface area (Å²) in [6.45, 7) is 0. The summed E-state index contributed by atoms with van der Waals surface area (Å²) in [5.41, 5.74) is 1.62. The molecule has 0 amide bonds. The van der Waals surface area contributed by atoms with Crippen LogP contribution in [0.4, 0.5) is 5.82 Å². The van der Waals surface area contributed by atoms with E-state index in [2.05, 4.69) is 23.3 Å². The molecule has 0 spiro atoms. The Bertz CT molecular complexity index is 736. The Morgan fingerprint density at radius 3 is 2.68 bits per heavy atom. The van der Waals surface area contributed by atoms with Crippen LogP contribution in [0.2, 0.25) is 0 Å². The third kappa shape index (κ3) is 2.22. The van der Waals surface area contributed by atoms with Gasteiger partial charge in [-0.05, 0) is 37.8 Å². The van der Waals surface area contributed by atoms with Crippen LogP contribution in [0.15, 0.2) is 30.3 Å². The average Bonchev–Trinajstić information content (AvgIpc) is 2.91. The number of anilines is 1. The normalized spacial score (nSPS) is 26.8. The van der Waals surface area contributed by atoms with Crippen molar-refractivity contribution in [1.82, 2.24) is 10.3 Å². The Hall–Kier alpha value is -2.12. The molecule has 0 aliphatic carbocycles. The Morgan fingerprint density at radius 1 is 1.23 bits per heavy atom. The number of piperidine rings is 1. The first-order valence-corrected chi connectivity index (χ1v) is 8.03. The zero-order valence-electron chi connectivity index (χ0n) is 12.8. The molecule has 2 atom stereocenters. The quantitative estimate of drug-likeness (QED) is 0.924. The number of rotatable bonds is 2. The van der Waals surface area contributed by atoms with Crippen molar-refractivity contribution >= 4 is 16.7 Å². The van der Waals surface area contributed by atoms with Gasteiger partial charge in [-0.1, -0.05) is 18.2 Å². The predicted molar refractivity (Wildman–Crippen MR) is 87.8 cm³/mol. The second kappa shape index (κ2) is 5.26. The predicted octanol–water partition coefficient (Wildman–Crippen LogP) is 2.83. The molecule has 4 heteroatoms. The molecule has 0 saturated carbocycles. The number of hydrogen-bond donors (Lipinski definition) is 1. The van der Waals surface area contributed by atoms with Crippen molar-refractivity contribution in [2.45, 2.75) is 43.8 Å². The molecule has 0 radical (unpaired) electrons. The first kappa shape index (κ1) is 13.5. The van der Waals surface area contributed by atoms with E-state index in [1.54, 1.807) is 0 Å². The van der Waals surface area contributed by atoms with Crippen molar-refractivity contribution in [3.8, 4) is 6.07 Å². The molecule has 2 aliphatic heterocycles. The SMILES string of the molecule is CN(c1cc(C#N)c2ccccc2n1)C1CC2CCC(C1)N2. The van der Waals surface area contributed by atoms with E-state index in [1.807, 2.05) is 30.3 Å². The first-order chi connectivity index (χ1) is 10.7. The van der Waals surface area contributed by atoms with Gasteiger partial charge in [0.15, 0.2) is 0 Å². The number of fused-ring (bicyclic) bond motifs is 3. The van der Waals surface area contributed by atoms with Gasteiger partial charge in [0, 0.05) is 30.6 Å². The summed E-state index contributed by atoms with van der Waals surface area (Å²) in [5, 5.41) is 14.1. The van der Waals surface area contributed by atoms with Gasteiger partial charge >= 0.3 is 0 Å². The molecule has 1 N–H and O–H groups in total. The molecular weight excluding hydrogens is 272 g/mol. The summed E-state index contributed by atoms with van der Waals surface area (Å²) in [4.78, 5) is 7.06. The lowest BCUT2D eigenvalue weighted by Gasteiger charge is -2.36. The van der Waals surface area contributed by atoms with Crippen LogP contribution in [0.5, 0.6) is 0 Å². The fourth-order valence-electron chi connectivity index (χ4n) is 3.97. The van der Waals surface area contributed by atoms with Crippen LogP contribution in [0, 0.1) is 11.3 Å². The van der Waals surface area contributed by atoms with Crippen LogP contribution in [0.3, 0.4) is 0 Å². The maximum Gasteiger partial charge on any atom is 0.130 e. The van der Waals surface area contributed by atoms with E-state index in [0.717, 1.165) is 16.7 Å². The lowest BCUT2D eigenvalue weighted by atomic mass is 9.98. The van der Waals surface area contributed by atoms with Gasteiger partial charge < -0.3 is 10.2 Å². The molecule has 3 heterocycles. The summed E-state index contributed by atoms with van der Waals surface area (Å²) in [6.07, 6.45) is 4.93. The Morgan fingerprint density at radius 2 is 1.95 bits per heavy atom. The molecule has 112 valence electrons. The van der Waals surface area contributed by atoms with Gasteiger partial charge in [-0.3, -0.25) is 0 Å². The van der Waals surface area contributed by atoms with Crippen molar-refractivity contribution in [1.29, 1.82) is 5.26 Å². The number of nitrogens with one attached hydrogen (secondary N) is 1. The van der Waals surface area contributed by atoms with Crippen LogP contribution >= 0.6 is 0 Å². The highest BCUT2D eigenvalue weighted by Crippen LogP contribution is 2.32. The summed E-state index contributed by atoms with van der Waals surface area (Å²) in [7, 11) is 2.12. The monoisotopic (exact) mass is 292 g/mol. The molecule has 2 aromatic rings. The molecule has 22 heavy (non-hydrogen) atoms. The fraction of sp³-hybridized carbons (Fsp3) is 0.444. The van der Waals surface area contributed by atoms with Crippen LogP contribution in [-0.2, 0) is 0 Å². The highest BCUT2D eigenvalue weighted by atomic mass is 15.2. The molecule has 1 aromatic carbocycles. The highest BCUT2D eigenvalue weighted by Gasteiger charge is 2.35. The number of pyridine rings is 1. The molecule has 1 aromatic heterocycles. The maximum absolute atomic E-state index is 9.44. The van der Waals surface area contributed by atoms with Gasteiger partial charge in [-0.25, -0.2) is 4.98 Å². The zero-order chi connectivity index (χ0) is 15.1. The topological polar surface area (TPSA) is 52.0 Å². The number of aromatic nitrogens is 1. The van der Waals surface area contributed by atoms with E-state index in [-0.39, 0.29) is 0 Å². The number of benzene rings is 1. The molecular formula is C18H20N4. The summed E-state index contributed by atoms with van der Waals surface area (Å²) >= 11 is 0. The Labute approximate surface area is 130 Å². The lowest BCUT2D eigenvalue weighted by molar-refractivity contribution is 0.354. The van der Waals surface area contributed by atoms with Crippen molar-refractivity contribution in [2.24, 2.45) is 0 Å². The van der Waals surface area contributed by atoms with E-state index in [9.17, 15) is 5.26 Å². The third-order valence-electron chi connectivity index (χ3n) is 5.18. The number of para-hydroxylation sites is 1. The fourth-order valence-corrected chi connectivity index (χ4v) is 3.97. The molecule has 2 fully saturated rings. The van der Waals surface area contributed by atoms with Gasteiger partial charge in [0.2, 0.25) is 0 Å². The zero-order valence-corrected chi connectivity index (χ0v) is 12.8. The van der Waals surface area contributed by atoms with Crippen molar-refractivity contribution in [3.05, 3.63) is 35.9 Å². The van der Waals surface area contributed by atoms with Crippen LogP contribution in [0.25, 0.3) is 10.9 Å². The second-order valence-electron chi connectivity index (χ2n) is 6.53. The largest absolute Gasteiger partial charge is 0.357 e. The van der Waals surface area contributed by atoms with Gasteiger partial charge in [0.05, 0.1) is 17.1 Å². The van der Waals surface area contributed by atoms with E-state index in [0.29, 0.717) is 23.7 Å². The van der Waals surface area contributed by atoms with Crippen molar-refractivity contribution in [2.75, 3.05) is 11.9 Å². The molecule has 2 aliphatic rings. The summed E-state index contributed by atoms with van der Waals surface area (Å²) in [5.74, 6) is 0.918. The minimum atomic E-state index is 0.513. The highest BCUT2D eigenvalue weighted by molar-refractivity contribution is 5.86. The van der Waals surface area contributed by atoms with Crippen molar-refractivity contribution in [3.63, 3.8) is 0 Å². The summed E-state index contributed by atoms with van der Waals surface area (Å²) in [6, 6.07) is 14.0. The van der Waals surface area contributed by atoms with E-state index < -0.39 is 0 Å². The number of nitrogens with zero attached hydrogens (tertiary/aromatic N) is 3. The van der Waals surface area contributed by atoms with E-state index >= 15 is 0 Å². The standard InChI is InChI=1S/C18H20N4/c1-22(15-9-13-6-7-14(10-15)20-13)18-8-12(11-19)16-4-2-3-5-17(16)21-18/h2-5,8,13-15,20H,6-7,9-10H2,1H3. The van der Waals surface area contributed by atoms with E-state index in [1.165, 1.54) is 25.7 Å². The van der Waals surface area contributed by atoms with E-state index in [4.69, 9.17) is 4.98 Å². The molecule has 4 rings (SSSR count). The lowest BCUT2D eigenvalue weighted by Crippen LogP contribution is -2.47. The number of nitriles is 1. The molecule has 2 bridgehead atoms.